The summed E-state index contributed by atoms with van der Waals surface area (Å²) in [5.74, 6) is -0.530. The zero-order valence-electron chi connectivity index (χ0n) is 24.4. The topological polar surface area (TPSA) is 94.7 Å². The summed E-state index contributed by atoms with van der Waals surface area (Å²) in [4.78, 5) is 6.91. The first-order valence-electron chi connectivity index (χ1n) is 14.5. The van der Waals surface area contributed by atoms with Gasteiger partial charge in [0.1, 0.15) is 17.6 Å². The van der Waals surface area contributed by atoms with Crippen LogP contribution in [0.25, 0.3) is 10.9 Å². The smallest absolute Gasteiger partial charge is 0.141 e. The van der Waals surface area contributed by atoms with Crippen LogP contribution in [-0.4, -0.2) is 44.5 Å². The van der Waals surface area contributed by atoms with Gasteiger partial charge in [-0.3, -0.25) is 4.98 Å². The first kappa shape index (κ1) is 29.8. The Bertz CT molecular complexity index is 1840. The Labute approximate surface area is 265 Å². The molecule has 1 fully saturated rings. The van der Waals surface area contributed by atoms with Gasteiger partial charge in [0.15, 0.2) is 0 Å². The van der Waals surface area contributed by atoms with Crippen LogP contribution in [-0.2, 0) is 0 Å². The van der Waals surface area contributed by atoms with Gasteiger partial charge in [0.25, 0.3) is 0 Å². The molecule has 0 aliphatic carbocycles. The maximum absolute atomic E-state index is 13.8. The van der Waals surface area contributed by atoms with Gasteiger partial charge in [-0.25, -0.2) is 9.07 Å². The molecule has 11 heteroatoms. The van der Waals surface area contributed by atoms with Crippen molar-refractivity contribution in [1.82, 2.24) is 24.9 Å². The van der Waals surface area contributed by atoms with Crippen LogP contribution in [0, 0.1) is 24.1 Å². The molecular formula is C33H31Cl2FN8. The van der Waals surface area contributed by atoms with Gasteiger partial charge in [-0.1, -0.05) is 65.2 Å². The predicted molar refractivity (Wildman–Crippen MR) is 173 cm³/mol. The fraction of sp³-hybridized carbons (Fsp3) is 0.273. The van der Waals surface area contributed by atoms with Gasteiger partial charge >= 0.3 is 0 Å². The SMILES string of the molecule is CCN1CCC(n2cc(C(Nc3cc(Cl)c4ncc(C#N)c(Nc5ccc(F)c(Cl)c5)c4c3)c3ccc(C)cc3)nn2)CC1. The molecule has 3 aromatic carbocycles. The molecule has 1 atom stereocenters. The number of aryl methyl sites for hydroxylation is 1. The average Bonchev–Trinajstić information content (AvgIpc) is 3.52. The lowest BCUT2D eigenvalue weighted by Gasteiger charge is -2.30. The zero-order chi connectivity index (χ0) is 30.8. The van der Waals surface area contributed by atoms with E-state index in [1.807, 2.05) is 23.0 Å². The Morgan fingerprint density at radius 2 is 1.80 bits per heavy atom. The lowest BCUT2D eigenvalue weighted by molar-refractivity contribution is 0.186. The first-order chi connectivity index (χ1) is 21.3. The molecule has 0 radical (unpaired) electrons. The van der Waals surface area contributed by atoms with E-state index in [9.17, 15) is 9.65 Å². The Balaban J connectivity index is 1.38. The molecule has 0 bridgehead atoms. The van der Waals surface area contributed by atoms with Crippen molar-refractivity contribution >= 4 is 51.2 Å². The van der Waals surface area contributed by atoms with E-state index < -0.39 is 5.82 Å². The Morgan fingerprint density at radius 3 is 2.50 bits per heavy atom. The number of benzene rings is 3. The summed E-state index contributed by atoms with van der Waals surface area (Å²) in [6, 6.07) is 18.5. The van der Waals surface area contributed by atoms with Gasteiger partial charge in [0.05, 0.1) is 45.1 Å². The number of aromatic nitrogens is 4. The van der Waals surface area contributed by atoms with E-state index in [0.29, 0.717) is 44.6 Å². The van der Waals surface area contributed by atoms with Gasteiger partial charge in [-0.2, -0.15) is 5.26 Å². The lowest BCUT2D eigenvalue weighted by Crippen LogP contribution is -2.34. The molecule has 0 spiro atoms. The maximum atomic E-state index is 13.8. The Kier molecular flexibility index (Phi) is 8.67. The van der Waals surface area contributed by atoms with Crippen molar-refractivity contribution in [3.63, 3.8) is 0 Å². The summed E-state index contributed by atoms with van der Waals surface area (Å²) < 4.78 is 15.8. The highest BCUT2D eigenvalue weighted by Gasteiger charge is 2.24. The number of hydrogen-bond acceptors (Lipinski definition) is 7. The van der Waals surface area contributed by atoms with E-state index in [1.165, 1.54) is 18.3 Å². The Morgan fingerprint density at radius 1 is 1.05 bits per heavy atom. The molecule has 1 saturated heterocycles. The van der Waals surface area contributed by atoms with Crippen LogP contribution < -0.4 is 10.6 Å². The van der Waals surface area contributed by atoms with Crippen molar-refractivity contribution in [1.29, 1.82) is 5.26 Å². The maximum Gasteiger partial charge on any atom is 0.141 e. The van der Waals surface area contributed by atoms with Crippen LogP contribution in [0.3, 0.4) is 0 Å². The van der Waals surface area contributed by atoms with E-state index >= 15 is 0 Å². The van der Waals surface area contributed by atoms with Gasteiger partial charge in [0.2, 0.25) is 0 Å². The number of halogens is 3. The third-order valence-corrected chi connectivity index (χ3v) is 8.74. The van der Waals surface area contributed by atoms with Crippen LogP contribution in [0.1, 0.15) is 54.2 Å². The van der Waals surface area contributed by atoms with E-state index in [1.54, 1.807) is 6.07 Å². The second-order valence-corrected chi connectivity index (χ2v) is 11.9. The van der Waals surface area contributed by atoms with Crippen molar-refractivity contribution in [2.45, 2.75) is 38.8 Å². The van der Waals surface area contributed by atoms with E-state index in [4.69, 9.17) is 23.2 Å². The number of fused-ring (bicyclic) bond motifs is 1. The quantitative estimate of drug-likeness (QED) is 0.179. The minimum atomic E-state index is -0.530. The molecule has 1 aliphatic heterocycles. The van der Waals surface area contributed by atoms with Gasteiger partial charge < -0.3 is 15.5 Å². The summed E-state index contributed by atoms with van der Waals surface area (Å²) in [5, 5.41) is 26.9. The van der Waals surface area contributed by atoms with Crippen LogP contribution in [0.4, 0.5) is 21.5 Å². The molecule has 2 N–H and O–H groups in total. The molecule has 8 nitrogen and oxygen atoms in total. The molecule has 1 unspecified atom stereocenters. The average molecular weight is 630 g/mol. The monoisotopic (exact) mass is 628 g/mol. The number of piperidine rings is 1. The number of nitrogens with one attached hydrogen (secondary N) is 2. The minimum Gasteiger partial charge on any atom is -0.373 e. The second-order valence-electron chi connectivity index (χ2n) is 11.0. The molecule has 6 rings (SSSR count). The normalized spacial score (nSPS) is 14.8. The molecule has 0 amide bonds. The molecule has 0 saturated carbocycles. The van der Waals surface area contributed by atoms with Crippen LogP contribution in [0.5, 0.6) is 0 Å². The lowest BCUT2D eigenvalue weighted by atomic mass is 10.0. The third kappa shape index (κ3) is 6.20. The third-order valence-electron chi connectivity index (χ3n) is 8.16. The zero-order valence-corrected chi connectivity index (χ0v) is 25.9. The highest BCUT2D eigenvalue weighted by Crippen LogP contribution is 2.37. The minimum absolute atomic E-state index is 0.0304. The van der Waals surface area contributed by atoms with Crippen molar-refractivity contribution in [3.8, 4) is 6.07 Å². The number of nitrogens with zero attached hydrogens (tertiary/aromatic N) is 6. The number of nitriles is 1. The van der Waals surface area contributed by atoms with Gasteiger partial charge in [-0.15, -0.1) is 5.10 Å². The highest BCUT2D eigenvalue weighted by molar-refractivity contribution is 6.36. The van der Waals surface area contributed by atoms with Gasteiger partial charge in [-0.05, 0) is 62.2 Å². The van der Waals surface area contributed by atoms with E-state index in [-0.39, 0.29) is 11.1 Å². The molecule has 224 valence electrons. The first-order valence-corrected chi connectivity index (χ1v) is 15.3. The van der Waals surface area contributed by atoms with Crippen molar-refractivity contribution in [3.05, 3.63) is 105 Å². The number of rotatable bonds is 8. The Hall–Kier alpha value is -4.23. The van der Waals surface area contributed by atoms with Gasteiger partial charge in [0, 0.05) is 36.0 Å². The summed E-state index contributed by atoms with van der Waals surface area (Å²) in [6.07, 6.45) is 5.56. The molecule has 3 heterocycles. The standard InChI is InChI=1S/C33H31Cl2FN8/c1-3-43-12-10-25(11-13-43)44-19-30(41-42-44)32(21-6-4-20(2)5-7-21)40-24-14-26-31(39-23-8-9-29(36)27(34)15-23)22(17-37)18-38-33(26)28(35)16-24/h4-9,14-16,18-19,25,32,40H,3,10-13H2,1-2H3,(H,38,39). The summed E-state index contributed by atoms with van der Waals surface area (Å²) in [7, 11) is 0. The fourth-order valence-corrected chi connectivity index (χ4v) is 6.08. The highest BCUT2D eigenvalue weighted by atomic mass is 35.5. The molecule has 2 aromatic heterocycles. The number of hydrogen-bond donors (Lipinski definition) is 2. The van der Waals surface area contributed by atoms with Crippen LogP contribution >= 0.6 is 23.2 Å². The number of anilines is 3. The van der Waals surface area contributed by atoms with E-state index in [2.05, 4.69) is 75.0 Å². The summed E-state index contributed by atoms with van der Waals surface area (Å²) >= 11 is 12.8. The van der Waals surface area contributed by atoms with Crippen molar-refractivity contribution < 1.29 is 4.39 Å². The fourth-order valence-electron chi connectivity index (χ4n) is 5.64. The van der Waals surface area contributed by atoms with E-state index in [0.717, 1.165) is 49.3 Å². The summed E-state index contributed by atoms with van der Waals surface area (Å²) in [5.41, 5.74) is 5.49. The largest absolute Gasteiger partial charge is 0.373 e. The van der Waals surface area contributed by atoms with Crippen molar-refractivity contribution in [2.75, 3.05) is 30.3 Å². The second kappa shape index (κ2) is 12.8. The summed E-state index contributed by atoms with van der Waals surface area (Å²) in [6.45, 7) is 7.40. The van der Waals surface area contributed by atoms with Crippen LogP contribution in [0.15, 0.2) is 67.0 Å². The molecule has 1 aliphatic rings. The van der Waals surface area contributed by atoms with Crippen LogP contribution in [0.2, 0.25) is 10.0 Å². The molecule has 44 heavy (non-hydrogen) atoms. The predicted octanol–water partition coefficient (Wildman–Crippen LogP) is 8.05. The number of likely N-dealkylation sites (tertiary alicyclic amines) is 1. The van der Waals surface area contributed by atoms with Crippen molar-refractivity contribution in [2.24, 2.45) is 0 Å². The number of pyridine rings is 1. The molecular weight excluding hydrogens is 598 g/mol. The molecule has 5 aromatic rings.